The second-order valence-corrected chi connectivity index (χ2v) is 3.90. The van der Waals surface area contributed by atoms with Crippen molar-refractivity contribution in [1.29, 1.82) is 0 Å². The highest BCUT2D eigenvalue weighted by molar-refractivity contribution is 6.18. The maximum atomic E-state index is 8.96. The Kier molecular flexibility index (Phi) is 9.01. The van der Waals surface area contributed by atoms with E-state index in [2.05, 4.69) is 0 Å². The summed E-state index contributed by atoms with van der Waals surface area (Å²) in [6.45, 7) is -0.573. The standard InChI is InChI=1S/C6H14O6.C3H5ClO/c7-1-3(9)5(11)6(12)4(10)2-8;4-1-3-2-5-3/h3-12H,1-2H2;3H,1-2H2/t3-,4+,5-,6-;/m1./s1. The molecule has 6 N–H and O–H groups in total. The molecule has 8 heteroatoms. The monoisotopic (exact) mass is 274 g/mol. The van der Waals surface area contributed by atoms with Gasteiger partial charge in [-0.25, -0.2) is 0 Å². The molecule has 1 rings (SSSR count). The van der Waals surface area contributed by atoms with E-state index in [0.717, 1.165) is 6.61 Å². The molecule has 0 bridgehead atoms. The van der Waals surface area contributed by atoms with E-state index in [1.165, 1.54) is 0 Å². The quantitative estimate of drug-likeness (QED) is 0.225. The fourth-order valence-corrected chi connectivity index (χ4v) is 1.01. The highest BCUT2D eigenvalue weighted by Gasteiger charge is 2.29. The second-order valence-electron chi connectivity index (χ2n) is 3.59. The van der Waals surface area contributed by atoms with Crippen molar-refractivity contribution in [1.82, 2.24) is 0 Å². The summed E-state index contributed by atoms with van der Waals surface area (Å²) in [6, 6.07) is 0. The average molecular weight is 275 g/mol. The van der Waals surface area contributed by atoms with E-state index in [9.17, 15) is 0 Å². The molecule has 0 aromatic carbocycles. The van der Waals surface area contributed by atoms with Crippen LogP contribution in [0.2, 0.25) is 0 Å². The number of hydrogen-bond donors (Lipinski definition) is 6. The summed E-state index contributed by atoms with van der Waals surface area (Å²) in [7, 11) is 0. The number of rotatable bonds is 6. The van der Waals surface area contributed by atoms with Crippen LogP contribution in [0.5, 0.6) is 0 Å². The van der Waals surface area contributed by atoms with Crippen LogP contribution in [0.1, 0.15) is 0 Å². The Morgan fingerprint density at radius 2 is 1.35 bits per heavy atom. The molecule has 1 saturated heterocycles. The van der Waals surface area contributed by atoms with Crippen molar-refractivity contribution in [2.24, 2.45) is 0 Å². The number of alkyl halides is 1. The fraction of sp³-hybridized carbons (Fsp3) is 1.00. The van der Waals surface area contributed by atoms with E-state index < -0.39 is 37.6 Å². The van der Waals surface area contributed by atoms with Gasteiger partial charge in [0.15, 0.2) is 0 Å². The number of aliphatic hydroxyl groups excluding tert-OH is 6. The minimum absolute atomic E-state index is 0.400. The fourth-order valence-electron chi connectivity index (χ4n) is 0.828. The van der Waals surface area contributed by atoms with Gasteiger partial charge in [-0.2, -0.15) is 0 Å². The molecule has 0 aliphatic carbocycles. The van der Waals surface area contributed by atoms with Gasteiger partial charge >= 0.3 is 0 Å². The first-order valence-corrected chi connectivity index (χ1v) is 5.62. The molecule has 17 heavy (non-hydrogen) atoms. The van der Waals surface area contributed by atoms with Crippen LogP contribution in [-0.2, 0) is 4.74 Å². The van der Waals surface area contributed by atoms with Gasteiger partial charge in [0, 0.05) is 0 Å². The molecule has 0 spiro atoms. The lowest BCUT2D eigenvalue weighted by Crippen LogP contribution is -2.46. The zero-order valence-corrected chi connectivity index (χ0v) is 9.94. The molecule has 1 unspecified atom stereocenters. The van der Waals surface area contributed by atoms with Gasteiger partial charge in [-0.15, -0.1) is 11.6 Å². The number of hydrogen-bond acceptors (Lipinski definition) is 7. The summed E-state index contributed by atoms with van der Waals surface area (Å²) < 4.78 is 4.73. The maximum Gasteiger partial charge on any atom is 0.111 e. The molecule has 0 amide bonds. The van der Waals surface area contributed by atoms with Crippen LogP contribution in [0.25, 0.3) is 0 Å². The van der Waals surface area contributed by atoms with Gasteiger partial charge in [-0.1, -0.05) is 0 Å². The van der Waals surface area contributed by atoms with Crippen molar-refractivity contribution in [3.8, 4) is 0 Å². The third kappa shape index (κ3) is 7.12. The third-order valence-corrected chi connectivity index (χ3v) is 2.43. The van der Waals surface area contributed by atoms with Crippen molar-refractivity contribution in [2.45, 2.75) is 30.5 Å². The van der Waals surface area contributed by atoms with Crippen LogP contribution < -0.4 is 0 Å². The molecule has 0 saturated carbocycles. The Morgan fingerprint density at radius 1 is 1.00 bits per heavy atom. The molecule has 1 heterocycles. The van der Waals surface area contributed by atoms with Gasteiger partial charge in [0.1, 0.15) is 24.4 Å². The van der Waals surface area contributed by atoms with E-state index in [4.69, 9.17) is 47.0 Å². The first-order valence-electron chi connectivity index (χ1n) is 5.09. The minimum atomic E-state index is -1.67. The van der Waals surface area contributed by atoms with Crippen LogP contribution >= 0.6 is 11.6 Å². The van der Waals surface area contributed by atoms with Gasteiger partial charge < -0.3 is 35.4 Å². The van der Waals surface area contributed by atoms with Gasteiger partial charge in [0.25, 0.3) is 0 Å². The first-order chi connectivity index (χ1) is 7.97. The molecular weight excluding hydrogens is 256 g/mol. The molecule has 5 atom stereocenters. The van der Waals surface area contributed by atoms with E-state index in [1.54, 1.807) is 0 Å². The topological polar surface area (TPSA) is 134 Å². The highest BCUT2D eigenvalue weighted by Crippen LogP contribution is 2.08. The smallest absolute Gasteiger partial charge is 0.111 e. The molecule has 0 radical (unpaired) electrons. The lowest BCUT2D eigenvalue weighted by molar-refractivity contribution is -0.123. The lowest BCUT2D eigenvalue weighted by Gasteiger charge is -2.24. The molecule has 1 aliphatic heterocycles. The van der Waals surface area contributed by atoms with Gasteiger partial charge in [0.05, 0.1) is 31.8 Å². The summed E-state index contributed by atoms with van der Waals surface area (Å²) >= 11 is 5.27. The first kappa shape index (κ1) is 17.0. The van der Waals surface area contributed by atoms with E-state index in [1.807, 2.05) is 0 Å². The van der Waals surface area contributed by atoms with Crippen molar-refractivity contribution < 1.29 is 35.4 Å². The Hall–Kier alpha value is 0.01000. The predicted octanol–water partition coefficient (Wildman–Crippen LogP) is -2.96. The van der Waals surface area contributed by atoms with E-state index >= 15 is 0 Å². The maximum absolute atomic E-state index is 8.96. The second kappa shape index (κ2) is 9.01. The van der Waals surface area contributed by atoms with Crippen LogP contribution in [0, 0.1) is 0 Å². The van der Waals surface area contributed by atoms with Crippen LogP contribution in [-0.4, -0.2) is 86.9 Å². The summed E-state index contributed by atoms with van der Waals surface area (Å²) in [5.74, 6) is 0.667. The zero-order valence-electron chi connectivity index (χ0n) is 9.18. The SMILES string of the molecule is ClCC1CO1.OC[C@@H](O)[C@@H](O)[C@H](O)[C@@H](O)CO. The highest BCUT2D eigenvalue weighted by atomic mass is 35.5. The Labute approximate surface area is 104 Å². The zero-order chi connectivity index (χ0) is 13.4. The van der Waals surface area contributed by atoms with Crippen molar-refractivity contribution in [2.75, 3.05) is 25.7 Å². The van der Waals surface area contributed by atoms with Crippen molar-refractivity contribution in [3.63, 3.8) is 0 Å². The minimum Gasteiger partial charge on any atom is -0.394 e. The predicted molar refractivity (Wildman–Crippen MR) is 58.7 cm³/mol. The molecule has 1 fully saturated rings. The normalized spacial score (nSPS) is 25.2. The summed E-state index contributed by atoms with van der Waals surface area (Å²) in [5.41, 5.74) is 0. The van der Waals surface area contributed by atoms with Crippen molar-refractivity contribution in [3.05, 3.63) is 0 Å². The van der Waals surface area contributed by atoms with E-state index in [0.29, 0.717) is 12.0 Å². The van der Waals surface area contributed by atoms with Crippen molar-refractivity contribution >= 4 is 11.6 Å². The number of halogens is 1. The Bertz CT molecular complexity index is 176. The van der Waals surface area contributed by atoms with Crippen LogP contribution in [0.15, 0.2) is 0 Å². The molecule has 104 valence electrons. The summed E-state index contributed by atoms with van der Waals surface area (Å²) in [5, 5.41) is 52.2. The number of ether oxygens (including phenoxy) is 1. The summed E-state index contributed by atoms with van der Waals surface area (Å²) in [4.78, 5) is 0. The molecule has 1 aliphatic rings. The van der Waals surface area contributed by atoms with E-state index in [-0.39, 0.29) is 0 Å². The number of aliphatic hydroxyl groups is 6. The third-order valence-electron chi connectivity index (χ3n) is 2.09. The van der Waals surface area contributed by atoms with Crippen LogP contribution in [0.4, 0.5) is 0 Å². The van der Waals surface area contributed by atoms with Gasteiger partial charge in [0.2, 0.25) is 0 Å². The molecular formula is C9H19ClO7. The molecule has 0 aromatic rings. The summed E-state index contributed by atoms with van der Waals surface area (Å²) in [6.07, 6.45) is -5.99. The largest absolute Gasteiger partial charge is 0.394 e. The molecule has 0 aromatic heterocycles. The number of epoxide rings is 1. The van der Waals surface area contributed by atoms with Gasteiger partial charge in [-0.05, 0) is 0 Å². The average Bonchev–Trinajstić information content (AvgIpc) is 3.19. The Balaban J connectivity index is 0.000000419. The lowest BCUT2D eigenvalue weighted by atomic mass is 10.0. The Morgan fingerprint density at radius 3 is 1.47 bits per heavy atom. The van der Waals surface area contributed by atoms with Gasteiger partial charge in [-0.3, -0.25) is 0 Å². The van der Waals surface area contributed by atoms with Crippen LogP contribution in [0.3, 0.4) is 0 Å². The molecule has 7 nitrogen and oxygen atoms in total.